The van der Waals surface area contributed by atoms with E-state index in [0.717, 1.165) is 31.0 Å². The van der Waals surface area contributed by atoms with Crippen molar-refractivity contribution in [2.24, 2.45) is 5.92 Å². The number of nitrogen functional groups attached to an aromatic ring is 1. The van der Waals surface area contributed by atoms with Crippen molar-refractivity contribution in [1.29, 1.82) is 5.26 Å². The lowest BCUT2D eigenvalue weighted by Gasteiger charge is -2.32. The predicted octanol–water partition coefficient (Wildman–Crippen LogP) is 6.81. The van der Waals surface area contributed by atoms with Gasteiger partial charge in [0.05, 0.1) is 21.4 Å². The van der Waals surface area contributed by atoms with Crippen molar-refractivity contribution in [2.75, 3.05) is 44.0 Å². The maximum absolute atomic E-state index is 17.0. The molecule has 4 heterocycles. The molecule has 3 aliphatic rings. The number of halogens is 6. The lowest BCUT2D eigenvalue weighted by atomic mass is 9.92. The SMILES string of the molecule is CN(c1nc(OCC23CCCN2CC(F)C3)nc2c(F)c(-c3ccc(F)c4sc(N)c(C#N)c34)c(C(F)(F)F)cc12)C1CCCC1CO. The van der Waals surface area contributed by atoms with E-state index >= 15 is 4.39 Å². The second kappa shape index (κ2) is 11.9. The van der Waals surface area contributed by atoms with Crippen molar-refractivity contribution in [3.05, 3.63) is 41.0 Å². The highest BCUT2D eigenvalue weighted by molar-refractivity contribution is 7.23. The van der Waals surface area contributed by atoms with Gasteiger partial charge in [-0.2, -0.15) is 28.4 Å². The van der Waals surface area contributed by atoms with Gasteiger partial charge in [-0.25, -0.2) is 13.2 Å². The minimum atomic E-state index is -5.10. The van der Waals surface area contributed by atoms with E-state index in [9.17, 15) is 32.3 Å². The van der Waals surface area contributed by atoms with Crippen molar-refractivity contribution < 1.29 is 36.2 Å². The molecule has 1 aliphatic carbocycles. The molecule has 0 amide bonds. The van der Waals surface area contributed by atoms with Gasteiger partial charge in [-0.3, -0.25) is 4.90 Å². The molecular weight excluding hydrogens is 658 g/mol. The van der Waals surface area contributed by atoms with Crippen molar-refractivity contribution >= 4 is 43.1 Å². The minimum absolute atomic E-state index is 0.00181. The zero-order valence-corrected chi connectivity index (χ0v) is 26.7. The van der Waals surface area contributed by atoms with Crippen molar-refractivity contribution in [3.63, 3.8) is 0 Å². The van der Waals surface area contributed by atoms with E-state index in [1.165, 1.54) is 0 Å². The molecule has 2 saturated heterocycles. The van der Waals surface area contributed by atoms with Crippen molar-refractivity contribution in [2.45, 2.75) is 62.5 Å². The Morgan fingerprint density at radius 3 is 2.75 bits per heavy atom. The molecule has 2 aromatic carbocycles. The van der Waals surface area contributed by atoms with Crippen LogP contribution in [0.5, 0.6) is 6.01 Å². The fourth-order valence-electron chi connectivity index (χ4n) is 8.06. The third-order valence-corrected chi connectivity index (χ3v) is 11.3. The van der Waals surface area contributed by atoms with Crippen molar-refractivity contribution in [3.8, 4) is 23.2 Å². The molecule has 254 valence electrons. The fourth-order valence-corrected chi connectivity index (χ4v) is 9.01. The number of hydrogen-bond acceptors (Lipinski definition) is 9. The van der Waals surface area contributed by atoms with Crippen LogP contribution >= 0.6 is 11.3 Å². The average molecular weight is 691 g/mol. The average Bonchev–Trinajstić information content (AvgIpc) is 3.81. The van der Waals surface area contributed by atoms with Gasteiger partial charge in [0.25, 0.3) is 0 Å². The molecule has 48 heavy (non-hydrogen) atoms. The normalized spacial score (nSPS) is 24.4. The van der Waals surface area contributed by atoms with Crippen molar-refractivity contribution in [1.82, 2.24) is 14.9 Å². The maximum Gasteiger partial charge on any atom is 0.417 e. The second-order valence-corrected chi connectivity index (χ2v) is 14.1. The number of aliphatic hydroxyl groups is 1. The molecule has 0 radical (unpaired) electrons. The summed E-state index contributed by atoms with van der Waals surface area (Å²) in [5.74, 6) is -2.39. The first kappa shape index (κ1) is 32.7. The van der Waals surface area contributed by atoms with Gasteiger partial charge >= 0.3 is 12.2 Å². The molecule has 7 rings (SSSR count). The zero-order valence-electron chi connectivity index (χ0n) is 25.9. The zero-order chi connectivity index (χ0) is 34.1. The maximum atomic E-state index is 17.0. The number of rotatable bonds is 7. The van der Waals surface area contributed by atoms with E-state index in [2.05, 4.69) is 9.97 Å². The Hall–Kier alpha value is -3.87. The Kier molecular flexibility index (Phi) is 8.11. The summed E-state index contributed by atoms with van der Waals surface area (Å²) in [6, 6.07) is 3.90. The topological polar surface area (TPSA) is 112 Å². The van der Waals surface area contributed by atoms with Crippen LogP contribution in [0, 0.1) is 28.9 Å². The molecule has 0 bridgehead atoms. The summed E-state index contributed by atoms with van der Waals surface area (Å²) in [6.07, 6.45) is -2.29. The molecule has 2 aliphatic heterocycles. The number of thiophene rings is 1. The van der Waals surface area contributed by atoms with E-state index in [0.29, 0.717) is 37.1 Å². The monoisotopic (exact) mass is 690 g/mol. The summed E-state index contributed by atoms with van der Waals surface area (Å²) >= 11 is 0.686. The number of nitrogens with two attached hydrogens (primary N) is 1. The summed E-state index contributed by atoms with van der Waals surface area (Å²) in [5, 5.41) is 19.2. The van der Waals surface area contributed by atoms with Crippen LogP contribution in [-0.4, -0.2) is 71.1 Å². The Labute approximate surface area is 275 Å². The summed E-state index contributed by atoms with van der Waals surface area (Å²) in [6.45, 7) is 0.811. The first-order chi connectivity index (χ1) is 22.9. The van der Waals surface area contributed by atoms with Crippen LogP contribution < -0.4 is 15.4 Å². The number of aromatic nitrogens is 2. The molecule has 0 spiro atoms. The number of aliphatic hydroxyl groups excluding tert-OH is 1. The minimum Gasteiger partial charge on any atom is -0.461 e. The standard InChI is InChI=1S/C33H32F6N6O2S/c1-44(23-5-2-4-16(23)14-46)30-19-10-21(33(37,38)39)25(18-6-7-22(35)28-24(18)20(12-40)29(41)48-28)26(36)27(19)42-31(43-30)47-15-32-8-3-9-45(32)13-17(34)11-32/h6-7,10,16-17,23,46H,2-5,8-9,11,13-15,41H2,1H3. The molecule has 2 aromatic heterocycles. The highest BCUT2D eigenvalue weighted by Gasteiger charge is 2.49. The number of hydrogen-bond donors (Lipinski definition) is 2. The molecular formula is C33H32F6N6O2S. The highest BCUT2D eigenvalue weighted by atomic mass is 32.1. The lowest BCUT2D eigenvalue weighted by molar-refractivity contribution is -0.137. The summed E-state index contributed by atoms with van der Waals surface area (Å²) < 4.78 is 97.0. The van der Waals surface area contributed by atoms with E-state index in [1.54, 1.807) is 11.9 Å². The molecule has 15 heteroatoms. The number of nitrogens with zero attached hydrogens (tertiary/aromatic N) is 5. The second-order valence-electron chi connectivity index (χ2n) is 13.0. The smallest absolute Gasteiger partial charge is 0.417 e. The van der Waals surface area contributed by atoms with E-state index in [-0.39, 0.29) is 81.6 Å². The van der Waals surface area contributed by atoms with Crippen LogP contribution in [0.1, 0.15) is 49.7 Å². The number of alkyl halides is 4. The molecule has 4 unspecified atom stereocenters. The van der Waals surface area contributed by atoms with E-state index < -0.39 is 46.2 Å². The largest absolute Gasteiger partial charge is 0.461 e. The van der Waals surface area contributed by atoms with Crippen LogP contribution in [0.25, 0.3) is 32.1 Å². The molecule has 1 saturated carbocycles. The van der Waals surface area contributed by atoms with Gasteiger partial charge in [-0.15, -0.1) is 11.3 Å². The first-order valence-electron chi connectivity index (χ1n) is 15.7. The van der Waals surface area contributed by atoms with Crippen LogP contribution in [0.4, 0.5) is 37.2 Å². The molecule has 8 nitrogen and oxygen atoms in total. The number of anilines is 2. The molecule has 3 N–H and O–H groups in total. The Morgan fingerprint density at radius 1 is 1.23 bits per heavy atom. The van der Waals surface area contributed by atoms with Crippen LogP contribution in [0.15, 0.2) is 18.2 Å². The fraction of sp³-hybridized carbons (Fsp3) is 0.485. The third kappa shape index (κ3) is 5.19. The number of benzene rings is 2. The first-order valence-corrected chi connectivity index (χ1v) is 16.6. The van der Waals surface area contributed by atoms with Crippen LogP contribution in [0.3, 0.4) is 0 Å². The summed E-state index contributed by atoms with van der Waals surface area (Å²) in [5.41, 5.74) is 1.95. The van der Waals surface area contributed by atoms with Crippen LogP contribution in [0.2, 0.25) is 0 Å². The number of nitriles is 1. The predicted molar refractivity (Wildman–Crippen MR) is 170 cm³/mol. The molecule has 4 aromatic rings. The Balaban J connectivity index is 1.46. The van der Waals surface area contributed by atoms with E-state index in [1.807, 2.05) is 11.0 Å². The third-order valence-electron chi connectivity index (χ3n) is 10.3. The lowest BCUT2D eigenvalue weighted by Crippen LogP contribution is -2.43. The Bertz CT molecular complexity index is 1960. The van der Waals surface area contributed by atoms with Gasteiger partial charge in [0.2, 0.25) is 0 Å². The quantitative estimate of drug-likeness (QED) is 0.204. The summed E-state index contributed by atoms with van der Waals surface area (Å²) in [7, 11) is 1.63. The van der Waals surface area contributed by atoms with Crippen LogP contribution in [-0.2, 0) is 6.18 Å². The molecule has 4 atom stereocenters. The van der Waals surface area contributed by atoms with E-state index in [4.69, 9.17) is 10.5 Å². The number of fused-ring (bicyclic) bond motifs is 3. The Morgan fingerprint density at radius 2 is 2.02 bits per heavy atom. The summed E-state index contributed by atoms with van der Waals surface area (Å²) in [4.78, 5) is 12.5. The van der Waals surface area contributed by atoms with Gasteiger partial charge in [0, 0.05) is 54.9 Å². The highest BCUT2D eigenvalue weighted by Crippen LogP contribution is 2.48. The van der Waals surface area contributed by atoms with Gasteiger partial charge in [-0.1, -0.05) is 12.5 Å². The van der Waals surface area contributed by atoms with Gasteiger partial charge < -0.3 is 20.5 Å². The van der Waals surface area contributed by atoms with Gasteiger partial charge in [0.15, 0.2) is 5.82 Å². The molecule has 3 fully saturated rings. The van der Waals surface area contributed by atoms with Gasteiger partial charge in [-0.05, 0) is 49.9 Å². The van der Waals surface area contributed by atoms with Gasteiger partial charge in [0.1, 0.15) is 41.0 Å². The number of ether oxygens (including phenoxy) is 1.